The number of carbonyl (C=O) groups is 1. The van der Waals surface area contributed by atoms with Crippen LogP contribution in [0.5, 0.6) is 0 Å². The van der Waals surface area contributed by atoms with Crippen LogP contribution >= 0.6 is 0 Å². The molecule has 0 aliphatic heterocycles. The van der Waals surface area contributed by atoms with Gasteiger partial charge in [-0.1, -0.05) is 6.07 Å². The molecule has 106 valence electrons. The number of hydrogen-bond donors (Lipinski definition) is 2. The van der Waals surface area contributed by atoms with E-state index in [0.29, 0.717) is 6.42 Å². The van der Waals surface area contributed by atoms with Gasteiger partial charge in [0.1, 0.15) is 5.65 Å². The Bertz CT molecular complexity index is 634. The van der Waals surface area contributed by atoms with E-state index >= 15 is 0 Å². The number of amides is 1. The van der Waals surface area contributed by atoms with Crippen molar-refractivity contribution < 1.29 is 4.79 Å². The molecule has 0 bridgehead atoms. The molecule has 20 heavy (non-hydrogen) atoms. The monoisotopic (exact) mass is 272 g/mol. The molecule has 1 saturated carbocycles. The summed E-state index contributed by atoms with van der Waals surface area (Å²) in [5, 5.41) is 3.07. The van der Waals surface area contributed by atoms with Crippen molar-refractivity contribution in [1.82, 2.24) is 14.7 Å². The molecule has 5 heteroatoms. The highest BCUT2D eigenvalue weighted by molar-refractivity contribution is 5.78. The molecule has 2 heterocycles. The molecule has 2 aromatic heterocycles. The number of aryl methyl sites for hydroxylation is 1. The van der Waals surface area contributed by atoms with Gasteiger partial charge in [0.2, 0.25) is 5.91 Å². The maximum absolute atomic E-state index is 12.1. The average Bonchev–Trinajstić information content (AvgIpc) is 2.98. The van der Waals surface area contributed by atoms with Crippen LogP contribution in [0.1, 0.15) is 30.5 Å². The number of imidazole rings is 1. The van der Waals surface area contributed by atoms with Crippen molar-refractivity contribution in [3.63, 3.8) is 0 Å². The van der Waals surface area contributed by atoms with E-state index in [2.05, 4.69) is 10.3 Å². The first-order valence-corrected chi connectivity index (χ1v) is 7.10. The van der Waals surface area contributed by atoms with Crippen molar-refractivity contribution in [2.24, 2.45) is 5.73 Å². The van der Waals surface area contributed by atoms with Crippen LogP contribution in [0.15, 0.2) is 24.5 Å². The molecule has 0 spiro atoms. The third-order valence-electron chi connectivity index (χ3n) is 3.99. The van der Waals surface area contributed by atoms with Crippen molar-refractivity contribution in [3.05, 3.63) is 35.8 Å². The number of nitrogens with zero attached hydrogens (tertiary/aromatic N) is 2. The molecule has 0 unspecified atom stereocenters. The summed E-state index contributed by atoms with van der Waals surface area (Å²) in [7, 11) is 0. The Labute approximate surface area is 118 Å². The number of hydrogen-bond acceptors (Lipinski definition) is 3. The number of rotatable bonds is 3. The normalized spacial score (nSPS) is 22.3. The molecule has 0 aromatic carbocycles. The van der Waals surface area contributed by atoms with E-state index in [1.807, 2.05) is 29.7 Å². The van der Waals surface area contributed by atoms with E-state index in [1.165, 1.54) is 0 Å². The van der Waals surface area contributed by atoms with E-state index in [9.17, 15) is 4.79 Å². The van der Waals surface area contributed by atoms with E-state index in [-0.39, 0.29) is 18.0 Å². The number of nitrogens with one attached hydrogen (secondary N) is 1. The van der Waals surface area contributed by atoms with Crippen molar-refractivity contribution in [3.8, 4) is 0 Å². The fraction of sp³-hybridized carbons (Fsp3) is 0.467. The van der Waals surface area contributed by atoms with Gasteiger partial charge in [-0.05, 0) is 37.8 Å². The first-order chi connectivity index (χ1) is 9.63. The van der Waals surface area contributed by atoms with Gasteiger partial charge in [-0.15, -0.1) is 0 Å². The largest absolute Gasteiger partial charge is 0.353 e. The van der Waals surface area contributed by atoms with Gasteiger partial charge in [-0.2, -0.15) is 0 Å². The Balaban J connectivity index is 1.70. The lowest BCUT2D eigenvalue weighted by Gasteiger charge is -2.12. The van der Waals surface area contributed by atoms with Crippen molar-refractivity contribution in [2.45, 2.75) is 44.7 Å². The van der Waals surface area contributed by atoms with Crippen LogP contribution in [-0.2, 0) is 11.2 Å². The minimum atomic E-state index is 0.0485. The van der Waals surface area contributed by atoms with Gasteiger partial charge in [0, 0.05) is 24.5 Å². The van der Waals surface area contributed by atoms with E-state index in [4.69, 9.17) is 5.73 Å². The summed E-state index contributed by atoms with van der Waals surface area (Å²) < 4.78 is 1.98. The lowest BCUT2D eigenvalue weighted by molar-refractivity contribution is -0.121. The molecule has 5 nitrogen and oxygen atoms in total. The van der Waals surface area contributed by atoms with Crippen LogP contribution < -0.4 is 11.1 Å². The molecule has 1 amide bonds. The predicted molar refractivity (Wildman–Crippen MR) is 77.4 cm³/mol. The SMILES string of the molecule is Cc1cccn2c(CC(=O)N[C@@H]3CC[C@@H](N)C3)cnc12. The summed E-state index contributed by atoms with van der Waals surface area (Å²) in [5.41, 5.74) is 8.81. The average molecular weight is 272 g/mol. The number of nitrogens with two attached hydrogens (primary N) is 1. The van der Waals surface area contributed by atoms with Gasteiger partial charge >= 0.3 is 0 Å². The van der Waals surface area contributed by atoms with Crippen LogP contribution in [0.25, 0.3) is 5.65 Å². The Morgan fingerprint density at radius 3 is 3.15 bits per heavy atom. The first kappa shape index (κ1) is 13.1. The maximum atomic E-state index is 12.1. The Morgan fingerprint density at radius 2 is 2.40 bits per heavy atom. The van der Waals surface area contributed by atoms with E-state index in [1.54, 1.807) is 6.20 Å². The molecule has 3 N–H and O–H groups in total. The molecular formula is C15H20N4O. The van der Waals surface area contributed by atoms with Crippen LogP contribution in [0.4, 0.5) is 0 Å². The summed E-state index contributed by atoms with van der Waals surface area (Å²) in [4.78, 5) is 16.5. The van der Waals surface area contributed by atoms with Crippen LogP contribution in [0, 0.1) is 6.92 Å². The lowest BCUT2D eigenvalue weighted by atomic mass is 10.2. The van der Waals surface area contributed by atoms with Crippen molar-refractivity contribution in [2.75, 3.05) is 0 Å². The Kier molecular flexibility index (Phi) is 3.44. The summed E-state index contributed by atoms with van der Waals surface area (Å²) in [5.74, 6) is 0.0485. The smallest absolute Gasteiger partial charge is 0.226 e. The van der Waals surface area contributed by atoms with Gasteiger partial charge < -0.3 is 15.5 Å². The van der Waals surface area contributed by atoms with E-state index in [0.717, 1.165) is 36.2 Å². The zero-order chi connectivity index (χ0) is 14.1. The number of carbonyl (C=O) groups excluding carboxylic acids is 1. The summed E-state index contributed by atoms with van der Waals surface area (Å²) in [6.07, 6.45) is 6.96. The minimum Gasteiger partial charge on any atom is -0.353 e. The molecular weight excluding hydrogens is 252 g/mol. The molecule has 0 radical (unpaired) electrons. The molecule has 1 aliphatic carbocycles. The minimum absolute atomic E-state index is 0.0485. The second kappa shape index (κ2) is 5.25. The maximum Gasteiger partial charge on any atom is 0.226 e. The second-order valence-electron chi connectivity index (χ2n) is 5.65. The van der Waals surface area contributed by atoms with Crippen LogP contribution in [0.2, 0.25) is 0 Å². The molecule has 0 saturated heterocycles. The Hall–Kier alpha value is -1.88. The molecule has 1 aliphatic rings. The number of pyridine rings is 1. The number of fused-ring (bicyclic) bond motifs is 1. The molecule has 2 atom stereocenters. The van der Waals surface area contributed by atoms with Gasteiger partial charge in [0.25, 0.3) is 0 Å². The fourth-order valence-electron chi connectivity index (χ4n) is 2.92. The van der Waals surface area contributed by atoms with Gasteiger partial charge in [0.15, 0.2) is 0 Å². The standard InChI is InChI=1S/C15H20N4O/c1-10-3-2-6-19-13(9-17-15(10)19)8-14(20)18-12-5-4-11(16)7-12/h2-3,6,9,11-12H,4-5,7-8,16H2,1H3,(H,18,20)/t11-,12-/m1/s1. The van der Waals surface area contributed by atoms with Gasteiger partial charge in [-0.25, -0.2) is 4.98 Å². The number of aromatic nitrogens is 2. The zero-order valence-corrected chi connectivity index (χ0v) is 11.7. The topological polar surface area (TPSA) is 72.4 Å². The van der Waals surface area contributed by atoms with Gasteiger partial charge in [0.05, 0.1) is 12.1 Å². The summed E-state index contributed by atoms with van der Waals surface area (Å²) in [6, 6.07) is 4.46. The fourth-order valence-corrected chi connectivity index (χ4v) is 2.92. The summed E-state index contributed by atoms with van der Waals surface area (Å²) >= 11 is 0. The highest BCUT2D eigenvalue weighted by atomic mass is 16.1. The third-order valence-corrected chi connectivity index (χ3v) is 3.99. The van der Waals surface area contributed by atoms with Gasteiger partial charge in [-0.3, -0.25) is 4.79 Å². The third kappa shape index (κ3) is 2.54. The molecule has 2 aromatic rings. The Morgan fingerprint density at radius 1 is 1.55 bits per heavy atom. The summed E-state index contributed by atoms with van der Waals surface area (Å²) in [6.45, 7) is 2.02. The van der Waals surface area contributed by atoms with Crippen LogP contribution in [-0.4, -0.2) is 27.4 Å². The lowest BCUT2D eigenvalue weighted by Crippen LogP contribution is -2.35. The van der Waals surface area contributed by atoms with E-state index < -0.39 is 0 Å². The quantitative estimate of drug-likeness (QED) is 0.881. The molecule has 1 fully saturated rings. The van der Waals surface area contributed by atoms with Crippen molar-refractivity contribution in [1.29, 1.82) is 0 Å². The highest BCUT2D eigenvalue weighted by Gasteiger charge is 2.23. The van der Waals surface area contributed by atoms with Crippen molar-refractivity contribution >= 4 is 11.6 Å². The van der Waals surface area contributed by atoms with Crippen LogP contribution in [0.3, 0.4) is 0 Å². The highest BCUT2D eigenvalue weighted by Crippen LogP contribution is 2.17. The second-order valence-corrected chi connectivity index (χ2v) is 5.65. The predicted octanol–water partition coefficient (Wildman–Crippen LogP) is 1.18. The zero-order valence-electron chi connectivity index (χ0n) is 11.7. The molecule has 3 rings (SSSR count). The first-order valence-electron chi connectivity index (χ1n) is 7.10.